The van der Waals surface area contributed by atoms with Gasteiger partial charge in [-0.1, -0.05) is 24.3 Å². The van der Waals surface area contributed by atoms with Crippen LogP contribution in [0.15, 0.2) is 24.3 Å². The fourth-order valence-corrected chi connectivity index (χ4v) is 1.61. The van der Waals surface area contributed by atoms with Crippen molar-refractivity contribution in [2.24, 2.45) is 0 Å². The van der Waals surface area contributed by atoms with Gasteiger partial charge in [0.15, 0.2) is 0 Å². The SMILES string of the molecule is CCOC(=O)C(Cc1ccccc1C)NC. The van der Waals surface area contributed by atoms with Crippen LogP contribution >= 0.6 is 0 Å². The van der Waals surface area contributed by atoms with Crippen molar-refractivity contribution in [1.82, 2.24) is 5.32 Å². The van der Waals surface area contributed by atoms with E-state index in [0.29, 0.717) is 13.0 Å². The van der Waals surface area contributed by atoms with E-state index in [0.717, 1.165) is 0 Å². The minimum Gasteiger partial charge on any atom is -0.465 e. The molecule has 0 aliphatic heterocycles. The molecule has 16 heavy (non-hydrogen) atoms. The highest BCUT2D eigenvalue weighted by Crippen LogP contribution is 2.10. The van der Waals surface area contributed by atoms with Crippen LogP contribution in [0, 0.1) is 6.92 Å². The standard InChI is InChI=1S/C13H19NO2/c1-4-16-13(15)12(14-3)9-11-8-6-5-7-10(11)2/h5-8,12,14H,4,9H2,1-3H3. The molecule has 0 saturated carbocycles. The average Bonchev–Trinajstić information content (AvgIpc) is 2.28. The van der Waals surface area contributed by atoms with Crippen LogP contribution in [0.1, 0.15) is 18.1 Å². The van der Waals surface area contributed by atoms with Crippen LogP contribution in [0.3, 0.4) is 0 Å². The van der Waals surface area contributed by atoms with Crippen molar-refractivity contribution in [2.75, 3.05) is 13.7 Å². The third-order valence-electron chi connectivity index (χ3n) is 2.60. The minimum atomic E-state index is -0.263. The van der Waals surface area contributed by atoms with E-state index in [-0.39, 0.29) is 12.0 Å². The average molecular weight is 221 g/mol. The van der Waals surface area contributed by atoms with Crippen LogP contribution in [0.4, 0.5) is 0 Å². The Balaban J connectivity index is 2.70. The Hall–Kier alpha value is -1.35. The van der Waals surface area contributed by atoms with Crippen molar-refractivity contribution in [3.8, 4) is 0 Å². The molecule has 1 N–H and O–H groups in total. The third-order valence-corrected chi connectivity index (χ3v) is 2.60. The second-order valence-corrected chi connectivity index (χ2v) is 3.72. The van der Waals surface area contributed by atoms with Gasteiger partial charge in [-0.15, -0.1) is 0 Å². The highest BCUT2D eigenvalue weighted by molar-refractivity contribution is 5.76. The molecule has 1 unspecified atom stereocenters. The second kappa shape index (κ2) is 6.28. The molecule has 3 heteroatoms. The van der Waals surface area contributed by atoms with E-state index >= 15 is 0 Å². The molecule has 0 radical (unpaired) electrons. The molecule has 1 aromatic carbocycles. The topological polar surface area (TPSA) is 38.3 Å². The van der Waals surface area contributed by atoms with Crippen molar-refractivity contribution in [3.63, 3.8) is 0 Å². The molecule has 0 fully saturated rings. The maximum absolute atomic E-state index is 11.6. The molecule has 1 aromatic rings. The molecular formula is C13H19NO2. The van der Waals surface area contributed by atoms with Gasteiger partial charge in [-0.2, -0.15) is 0 Å². The first kappa shape index (κ1) is 12.7. The predicted molar refractivity (Wildman–Crippen MR) is 64.4 cm³/mol. The molecule has 0 bridgehead atoms. The summed E-state index contributed by atoms with van der Waals surface area (Å²) in [5.41, 5.74) is 2.38. The smallest absolute Gasteiger partial charge is 0.323 e. The van der Waals surface area contributed by atoms with Gasteiger partial charge in [0.25, 0.3) is 0 Å². The van der Waals surface area contributed by atoms with Crippen LogP contribution < -0.4 is 5.32 Å². The van der Waals surface area contributed by atoms with Crippen LogP contribution in [-0.4, -0.2) is 25.7 Å². The second-order valence-electron chi connectivity index (χ2n) is 3.72. The first-order valence-corrected chi connectivity index (χ1v) is 5.57. The number of nitrogens with one attached hydrogen (secondary N) is 1. The summed E-state index contributed by atoms with van der Waals surface area (Å²) in [5.74, 6) is -0.187. The molecule has 0 spiro atoms. The van der Waals surface area contributed by atoms with E-state index in [9.17, 15) is 4.79 Å². The van der Waals surface area contributed by atoms with E-state index in [1.165, 1.54) is 11.1 Å². The molecule has 0 amide bonds. The molecule has 0 saturated heterocycles. The van der Waals surface area contributed by atoms with Crippen LogP contribution in [0.25, 0.3) is 0 Å². The molecule has 0 aliphatic carbocycles. The zero-order chi connectivity index (χ0) is 12.0. The lowest BCUT2D eigenvalue weighted by Crippen LogP contribution is -2.37. The Morgan fingerprint density at radius 2 is 2.12 bits per heavy atom. The maximum atomic E-state index is 11.6. The van der Waals surface area contributed by atoms with Gasteiger partial charge < -0.3 is 10.1 Å². The van der Waals surface area contributed by atoms with Gasteiger partial charge in [0.2, 0.25) is 0 Å². The van der Waals surface area contributed by atoms with Gasteiger partial charge in [0.1, 0.15) is 6.04 Å². The summed E-state index contributed by atoms with van der Waals surface area (Å²) in [6.45, 7) is 4.29. The number of carbonyl (C=O) groups excluding carboxylic acids is 1. The zero-order valence-electron chi connectivity index (χ0n) is 10.1. The first-order chi connectivity index (χ1) is 7.69. The Labute approximate surface area is 96.8 Å². The third kappa shape index (κ3) is 3.35. The Morgan fingerprint density at radius 3 is 2.69 bits per heavy atom. The lowest BCUT2D eigenvalue weighted by Gasteiger charge is -2.15. The largest absolute Gasteiger partial charge is 0.465 e. The zero-order valence-corrected chi connectivity index (χ0v) is 10.1. The van der Waals surface area contributed by atoms with E-state index in [1.807, 2.05) is 38.1 Å². The van der Waals surface area contributed by atoms with Crippen molar-refractivity contribution in [2.45, 2.75) is 26.3 Å². The monoisotopic (exact) mass is 221 g/mol. The first-order valence-electron chi connectivity index (χ1n) is 5.57. The summed E-state index contributed by atoms with van der Waals surface area (Å²) in [7, 11) is 1.78. The highest BCUT2D eigenvalue weighted by atomic mass is 16.5. The lowest BCUT2D eigenvalue weighted by molar-refractivity contribution is -0.145. The van der Waals surface area contributed by atoms with Gasteiger partial charge in [-0.25, -0.2) is 0 Å². The Morgan fingerprint density at radius 1 is 1.44 bits per heavy atom. The van der Waals surface area contributed by atoms with Crippen LogP contribution in [-0.2, 0) is 16.0 Å². The molecule has 1 rings (SSSR count). The fraction of sp³-hybridized carbons (Fsp3) is 0.462. The molecule has 3 nitrogen and oxygen atoms in total. The minimum absolute atomic E-state index is 0.187. The summed E-state index contributed by atoms with van der Waals surface area (Å²) in [6, 6.07) is 7.81. The van der Waals surface area contributed by atoms with Gasteiger partial charge in [0, 0.05) is 0 Å². The van der Waals surface area contributed by atoms with Crippen molar-refractivity contribution >= 4 is 5.97 Å². The molecule has 88 valence electrons. The Kier molecular flexibility index (Phi) is 4.99. The van der Waals surface area contributed by atoms with E-state index < -0.39 is 0 Å². The van der Waals surface area contributed by atoms with Crippen molar-refractivity contribution in [1.29, 1.82) is 0 Å². The number of aryl methyl sites for hydroxylation is 1. The summed E-state index contributed by atoms with van der Waals surface area (Å²) >= 11 is 0. The summed E-state index contributed by atoms with van der Waals surface area (Å²) in [4.78, 5) is 11.6. The van der Waals surface area contributed by atoms with Gasteiger partial charge >= 0.3 is 5.97 Å². The summed E-state index contributed by atoms with van der Waals surface area (Å²) in [5, 5.41) is 2.99. The quantitative estimate of drug-likeness (QED) is 0.769. The number of carbonyl (C=O) groups is 1. The molecular weight excluding hydrogens is 202 g/mol. The molecule has 0 aliphatic rings. The summed E-state index contributed by atoms with van der Waals surface area (Å²) < 4.78 is 5.01. The van der Waals surface area contributed by atoms with Gasteiger partial charge in [0.05, 0.1) is 6.61 Å². The van der Waals surface area contributed by atoms with E-state index in [4.69, 9.17) is 4.74 Å². The molecule has 1 atom stereocenters. The summed E-state index contributed by atoms with van der Waals surface area (Å²) in [6.07, 6.45) is 0.669. The van der Waals surface area contributed by atoms with Gasteiger partial charge in [-0.3, -0.25) is 4.79 Å². The number of rotatable bonds is 5. The molecule has 0 aromatic heterocycles. The number of ether oxygens (including phenoxy) is 1. The predicted octanol–water partition coefficient (Wildman–Crippen LogP) is 1.69. The number of esters is 1. The Bertz CT molecular complexity index is 350. The van der Waals surface area contributed by atoms with Crippen LogP contribution in [0.2, 0.25) is 0 Å². The number of likely N-dealkylation sites (N-methyl/N-ethyl adjacent to an activating group) is 1. The molecule has 0 heterocycles. The van der Waals surface area contributed by atoms with Crippen LogP contribution in [0.5, 0.6) is 0 Å². The fourth-order valence-electron chi connectivity index (χ4n) is 1.61. The highest BCUT2D eigenvalue weighted by Gasteiger charge is 2.18. The maximum Gasteiger partial charge on any atom is 0.323 e. The number of benzene rings is 1. The van der Waals surface area contributed by atoms with E-state index in [2.05, 4.69) is 5.32 Å². The van der Waals surface area contributed by atoms with Gasteiger partial charge in [-0.05, 0) is 38.4 Å². The number of hydrogen-bond acceptors (Lipinski definition) is 3. The number of hydrogen-bond donors (Lipinski definition) is 1. The normalized spacial score (nSPS) is 12.2. The lowest BCUT2D eigenvalue weighted by atomic mass is 10.0. The van der Waals surface area contributed by atoms with Crippen molar-refractivity contribution < 1.29 is 9.53 Å². The van der Waals surface area contributed by atoms with Crippen molar-refractivity contribution in [3.05, 3.63) is 35.4 Å². The van der Waals surface area contributed by atoms with E-state index in [1.54, 1.807) is 7.05 Å².